The first-order valence-electron chi connectivity index (χ1n) is 7.24. The second-order valence-corrected chi connectivity index (χ2v) is 5.94. The van der Waals surface area contributed by atoms with Crippen molar-refractivity contribution < 1.29 is 14.0 Å². The lowest BCUT2D eigenvalue weighted by molar-refractivity contribution is -0.0990. The van der Waals surface area contributed by atoms with Crippen molar-refractivity contribution in [3.8, 4) is 0 Å². The number of hydrogen-bond donors (Lipinski definition) is 0. The van der Waals surface area contributed by atoms with Gasteiger partial charge in [-0.1, -0.05) is 5.16 Å². The van der Waals surface area contributed by atoms with E-state index in [1.807, 2.05) is 6.92 Å². The van der Waals surface area contributed by atoms with Crippen LogP contribution in [-0.2, 0) is 9.47 Å². The van der Waals surface area contributed by atoms with Crippen molar-refractivity contribution in [2.45, 2.75) is 32.0 Å². The smallest absolute Gasteiger partial charge is 0.263 e. The van der Waals surface area contributed by atoms with Crippen LogP contribution in [0, 0.1) is 6.92 Å². The summed E-state index contributed by atoms with van der Waals surface area (Å²) in [5, 5.41) is 4.89. The average Bonchev–Trinajstić information content (AvgIpc) is 3.06. The third kappa shape index (κ3) is 2.08. The van der Waals surface area contributed by atoms with E-state index in [4.69, 9.17) is 14.0 Å². The van der Waals surface area contributed by atoms with Crippen LogP contribution >= 0.6 is 0 Å². The zero-order valence-electron chi connectivity index (χ0n) is 12.2. The van der Waals surface area contributed by atoms with Crippen LogP contribution < -0.4 is 4.90 Å². The summed E-state index contributed by atoms with van der Waals surface area (Å²) in [6.45, 7) is 6.96. The first-order chi connectivity index (χ1) is 10.2. The molecule has 2 atom stereocenters. The highest BCUT2D eigenvalue weighted by atomic mass is 16.6. The quantitative estimate of drug-likeness (QED) is 0.784. The average molecular weight is 290 g/mol. The molecule has 2 aliphatic heterocycles. The van der Waals surface area contributed by atoms with Crippen molar-refractivity contribution in [3.63, 3.8) is 0 Å². The summed E-state index contributed by atoms with van der Waals surface area (Å²) in [6.07, 6.45) is 2.58. The van der Waals surface area contributed by atoms with E-state index in [9.17, 15) is 0 Å². The molecule has 7 heteroatoms. The molecule has 2 aromatic rings. The zero-order chi connectivity index (χ0) is 14.4. The molecule has 0 N–H and O–H groups in total. The summed E-state index contributed by atoms with van der Waals surface area (Å²) < 4.78 is 17.0. The maximum atomic E-state index is 6.16. The van der Waals surface area contributed by atoms with Crippen molar-refractivity contribution >= 4 is 16.9 Å². The van der Waals surface area contributed by atoms with Gasteiger partial charge in [0.05, 0.1) is 24.9 Å². The number of ether oxygens (including phenoxy) is 2. The van der Waals surface area contributed by atoms with E-state index in [0.717, 1.165) is 43.0 Å². The van der Waals surface area contributed by atoms with Gasteiger partial charge in [0.1, 0.15) is 23.1 Å². The number of fused-ring (bicyclic) bond motifs is 1. The van der Waals surface area contributed by atoms with Gasteiger partial charge in [0.15, 0.2) is 0 Å². The molecule has 4 rings (SSSR count). The van der Waals surface area contributed by atoms with E-state index in [-0.39, 0.29) is 11.7 Å². The van der Waals surface area contributed by atoms with Crippen LogP contribution in [0.1, 0.15) is 19.0 Å². The van der Waals surface area contributed by atoms with Crippen LogP contribution in [0.4, 0.5) is 5.82 Å². The van der Waals surface area contributed by atoms with Gasteiger partial charge in [-0.15, -0.1) is 0 Å². The highest BCUT2D eigenvalue weighted by molar-refractivity contribution is 5.87. The Hall–Kier alpha value is -1.73. The van der Waals surface area contributed by atoms with Gasteiger partial charge in [-0.25, -0.2) is 4.98 Å². The molecule has 0 aromatic carbocycles. The Labute approximate surface area is 122 Å². The molecule has 1 spiro atoms. The molecule has 21 heavy (non-hydrogen) atoms. The summed E-state index contributed by atoms with van der Waals surface area (Å²) in [6, 6.07) is 0. The van der Waals surface area contributed by atoms with E-state index in [0.29, 0.717) is 12.3 Å². The topological polar surface area (TPSA) is 73.5 Å². The SMILES string of the molecule is Cc1noc2ncnc(N3C[C@H](C)O[C@@]4(CCOC4)C3)c12. The van der Waals surface area contributed by atoms with Crippen molar-refractivity contribution in [1.29, 1.82) is 0 Å². The Kier molecular flexibility index (Phi) is 2.87. The van der Waals surface area contributed by atoms with Gasteiger partial charge >= 0.3 is 0 Å². The maximum Gasteiger partial charge on any atom is 0.263 e. The molecule has 4 heterocycles. The molecule has 0 bridgehead atoms. The largest absolute Gasteiger partial charge is 0.378 e. The number of hydrogen-bond acceptors (Lipinski definition) is 7. The highest BCUT2D eigenvalue weighted by Crippen LogP contribution is 2.34. The lowest BCUT2D eigenvalue weighted by Gasteiger charge is -2.43. The normalized spacial score (nSPS) is 29.6. The van der Waals surface area contributed by atoms with Gasteiger partial charge in [0, 0.05) is 19.6 Å². The highest BCUT2D eigenvalue weighted by Gasteiger charge is 2.43. The number of aryl methyl sites for hydroxylation is 1. The van der Waals surface area contributed by atoms with Crippen molar-refractivity contribution in [2.75, 3.05) is 31.2 Å². The predicted octanol–water partition coefficient (Wildman–Crippen LogP) is 1.31. The van der Waals surface area contributed by atoms with Crippen LogP contribution in [0.2, 0.25) is 0 Å². The molecule has 0 amide bonds. The molecule has 2 saturated heterocycles. The monoisotopic (exact) mass is 290 g/mol. The fraction of sp³-hybridized carbons (Fsp3) is 0.643. The van der Waals surface area contributed by atoms with E-state index in [1.54, 1.807) is 0 Å². The van der Waals surface area contributed by atoms with Crippen molar-refractivity contribution in [3.05, 3.63) is 12.0 Å². The van der Waals surface area contributed by atoms with Crippen LogP contribution in [0.3, 0.4) is 0 Å². The van der Waals surface area contributed by atoms with Crippen molar-refractivity contribution in [1.82, 2.24) is 15.1 Å². The zero-order valence-corrected chi connectivity index (χ0v) is 12.2. The van der Waals surface area contributed by atoms with Gasteiger partial charge in [0.2, 0.25) is 0 Å². The first-order valence-corrected chi connectivity index (χ1v) is 7.24. The molecule has 2 aliphatic rings. The lowest BCUT2D eigenvalue weighted by atomic mass is 9.99. The Morgan fingerprint density at radius 2 is 2.29 bits per heavy atom. The standard InChI is InChI=1S/C14H18N4O3/c1-9-5-18(6-14(20-9)3-4-19-7-14)12-11-10(2)17-21-13(11)16-8-15-12/h8-9H,3-7H2,1-2H3/t9-,14-/m0/s1. The molecule has 2 fully saturated rings. The summed E-state index contributed by atoms with van der Waals surface area (Å²) in [7, 11) is 0. The third-order valence-electron chi connectivity index (χ3n) is 4.20. The van der Waals surface area contributed by atoms with Crippen LogP contribution in [0.5, 0.6) is 0 Å². The van der Waals surface area contributed by atoms with Gasteiger partial charge in [-0.2, -0.15) is 4.98 Å². The Morgan fingerprint density at radius 3 is 3.10 bits per heavy atom. The summed E-state index contributed by atoms with van der Waals surface area (Å²) in [5.74, 6) is 0.875. The van der Waals surface area contributed by atoms with Gasteiger partial charge in [-0.3, -0.25) is 0 Å². The van der Waals surface area contributed by atoms with Gasteiger partial charge in [0.25, 0.3) is 5.71 Å². The Balaban J connectivity index is 1.75. The fourth-order valence-corrected chi connectivity index (χ4v) is 3.34. The molecule has 7 nitrogen and oxygen atoms in total. The fourth-order valence-electron chi connectivity index (χ4n) is 3.34. The van der Waals surface area contributed by atoms with Gasteiger partial charge < -0.3 is 18.9 Å². The summed E-state index contributed by atoms with van der Waals surface area (Å²) >= 11 is 0. The van der Waals surface area contributed by atoms with Crippen LogP contribution in [-0.4, -0.2) is 53.1 Å². The molecule has 0 aliphatic carbocycles. The molecule has 0 saturated carbocycles. The van der Waals surface area contributed by atoms with Crippen LogP contribution in [0.15, 0.2) is 10.9 Å². The van der Waals surface area contributed by atoms with Gasteiger partial charge in [-0.05, 0) is 13.8 Å². The number of morpholine rings is 1. The lowest BCUT2D eigenvalue weighted by Crippen LogP contribution is -2.55. The first kappa shape index (κ1) is 13.0. The Bertz CT molecular complexity index is 665. The molecule has 2 aromatic heterocycles. The molecular formula is C14H18N4O3. The van der Waals surface area contributed by atoms with E-state index in [2.05, 4.69) is 26.9 Å². The Morgan fingerprint density at radius 1 is 1.38 bits per heavy atom. The summed E-state index contributed by atoms with van der Waals surface area (Å²) in [4.78, 5) is 10.9. The number of aromatic nitrogens is 3. The minimum Gasteiger partial charge on any atom is -0.378 e. The minimum atomic E-state index is -0.222. The second-order valence-electron chi connectivity index (χ2n) is 5.94. The number of rotatable bonds is 1. The molecule has 112 valence electrons. The maximum absolute atomic E-state index is 6.16. The molecular weight excluding hydrogens is 272 g/mol. The second kappa shape index (κ2) is 4.64. The number of nitrogens with zero attached hydrogens (tertiary/aromatic N) is 4. The molecule has 0 unspecified atom stereocenters. The van der Waals surface area contributed by atoms with Crippen molar-refractivity contribution in [2.24, 2.45) is 0 Å². The predicted molar refractivity (Wildman–Crippen MR) is 75.3 cm³/mol. The molecule has 0 radical (unpaired) electrons. The van der Waals surface area contributed by atoms with E-state index in [1.165, 1.54) is 6.33 Å². The minimum absolute atomic E-state index is 0.130. The van der Waals surface area contributed by atoms with E-state index >= 15 is 0 Å². The van der Waals surface area contributed by atoms with E-state index < -0.39 is 0 Å². The third-order valence-corrected chi connectivity index (χ3v) is 4.20. The number of anilines is 1. The van der Waals surface area contributed by atoms with Crippen LogP contribution in [0.25, 0.3) is 11.1 Å². The summed E-state index contributed by atoms with van der Waals surface area (Å²) in [5.41, 5.74) is 1.13.